The molecule has 1 aliphatic carbocycles. The molecular weight excluding hydrogens is 383 g/mol. The van der Waals surface area contributed by atoms with Gasteiger partial charge in [-0.3, -0.25) is 4.79 Å². The number of nitrogens with two attached hydrogens (primary N) is 2. The third kappa shape index (κ3) is 4.19. The number of hydrogen-bond acceptors (Lipinski definition) is 5. The van der Waals surface area contributed by atoms with Gasteiger partial charge in [0.2, 0.25) is 5.88 Å². The van der Waals surface area contributed by atoms with E-state index in [2.05, 4.69) is 32.9 Å². The normalized spacial score (nSPS) is 21.9. The molecule has 0 aromatic carbocycles. The van der Waals surface area contributed by atoms with Crippen molar-refractivity contribution in [2.24, 2.45) is 11.5 Å². The van der Waals surface area contributed by atoms with Crippen molar-refractivity contribution in [3.63, 3.8) is 0 Å². The van der Waals surface area contributed by atoms with E-state index in [9.17, 15) is 4.79 Å². The Balaban J connectivity index is 2.19. The van der Waals surface area contributed by atoms with E-state index in [1.807, 2.05) is 6.92 Å². The van der Waals surface area contributed by atoms with Crippen molar-refractivity contribution in [1.29, 1.82) is 0 Å². The summed E-state index contributed by atoms with van der Waals surface area (Å²) in [4.78, 5) is 15.9. The van der Waals surface area contributed by atoms with E-state index in [0.717, 1.165) is 35.1 Å². The molecule has 1 aromatic heterocycles. The first-order valence-electron chi connectivity index (χ1n) is 7.16. The van der Waals surface area contributed by atoms with Crippen molar-refractivity contribution in [2.75, 3.05) is 11.9 Å². The molecule has 0 radical (unpaired) electrons. The zero-order valence-corrected chi connectivity index (χ0v) is 14.2. The van der Waals surface area contributed by atoms with Gasteiger partial charge in [-0.1, -0.05) is 0 Å². The van der Waals surface area contributed by atoms with Crippen LogP contribution in [-0.4, -0.2) is 29.6 Å². The number of carbonyl (C=O) groups is 1. The Labute approximate surface area is 138 Å². The predicted octanol–water partition coefficient (Wildman–Crippen LogP) is 1.87. The maximum atomic E-state index is 11.5. The molecule has 1 aliphatic rings. The van der Waals surface area contributed by atoms with Crippen molar-refractivity contribution in [3.05, 3.63) is 15.2 Å². The number of nitrogens with one attached hydrogen (secondary N) is 1. The fourth-order valence-electron chi connectivity index (χ4n) is 2.45. The highest BCUT2D eigenvalue weighted by Gasteiger charge is 2.21. The number of pyridine rings is 1. The first kappa shape index (κ1) is 16.3. The maximum Gasteiger partial charge on any atom is 0.254 e. The Bertz CT molecular complexity index is 516. The summed E-state index contributed by atoms with van der Waals surface area (Å²) in [5, 5.41) is 3.43. The standard InChI is InChI=1S/C14H21IN4O2/c1-2-21-14-10(12(17)20)7-11(15)13(19-14)18-9-5-3-8(16)4-6-9/h7-9H,2-6,16H2,1H3,(H2,17,20)(H,18,19)/t8-,9-. The van der Waals surface area contributed by atoms with E-state index in [-0.39, 0.29) is 0 Å². The molecule has 1 saturated carbocycles. The number of amides is 1. The van der Waals surface area contributed by atoms with Crippen LogP contribution in [0.25, 0.3) is 0 Å². The molecule has 1 aromatic rings. The summed E-state index contributed by atoms with van der Waals surface area (Å²) in [6.45, 7) is 2.28. The minimum atomic E-state index is -0.529. The fourth-order valence-corrected chi connectivity index (χ4v) is 3.04. The summed E-state index contributed by atoms with van der Waals surface area (Å²) in [6.07, 6.45) is 4.10. The molecule has 1 fully saturated rings. The van der Waals surface area contributed by atoms with Gasteiger partial charge in [0.25, 0.3) is 5.91 Å². The van der Waals surface area contributed by atoms with Gasteiger partial charge in [-0.15, -0.1) is 0 Å². The van der Waals surface area contributed by atoms with Gasteiger partial charge in [0.1, 0.15) is 11.4 Å². The Morgan fingerprint density at radius 3 is 2.71 bits per heavy atom. The van der Waals surface area contributed by atoms with Crippen LogP contribution in [0, 0.1) is 3.57 Å². The van der Waals surface area contributed by atoms with Crippen LogP contribution in [0.15, 0.2) is 6.07 Å². The molecule has 1 amide bonds. The van der Waals surface area contributed by atoms with Crippen LogP contribution in [0.2, 0.25) is 0 Å². The molecule has 0 aliphatic heterocycles. The van der Waals surface area contributed by atoms with Gasteiger partial charge in [0.15, 0.2) is 0 Å². The molecule has 0 atom stereocenters. The molecule has 0 spiro atoms. The summed E-state index contributed by atoms with van der Waals surface area (Å²) in [5.74, 6) is 0.504. The van der Waals surface area contributed by atoms with Crippen LogP contribution in [0.4, 0.5) is 5.82 Å². The van der Waals surface area contributed by atoms with Gasteiger partial charge in [-0.2, -0.15) is 4.98 Å². The van der Waals surface area contributed by atoms with Crippen molar-refractivity contribution >= 4 is 34.3 Å². The Morgan fingerprint density at radius 1 is 1.48 bits per heavy atom. The number of rotatable bonds is 5. The molecule has 0 bridgehead atoms. The van der Waals surface area contributed by atoms with Gasteiger partial charge in [-0.25, -0.2) is 0 Å². The lowest BCUT2D eigenvalue weighted by Gasteiger charge is -2.27. The van der Waals surface area contributed by atoms with Crippen LogP contribution >= 0.6 is 22.6 Å². The van der Waals surface area contributed by atoms with Crippen LogP contribution in [0.1, 0.15) is 43.0 Å². The second kappa shape index (κ2) is 7.26. The number of halogens is 1. The Kier molecular flexibility index (Phi) is 5.63. The Morgan fingerprint density at radius 2 is 2.14 bits per heavy atom. The van der Waals surface area contributed by atoms with Gasteiger partial charge in [-0.05, 0) is 61.3 Å². The summed E-state index contributed by atoms with van der Waals surface area (Å²) >= 11 is 2.15. The molecule has 21 heavy (non-hydrogen) atoms. The Hall–Kier alpha value is -1.09. The SMILES string of the molecule is CCOc1nc(N[C@H]2CC[C@H](N)CC2)c(I)cc1C(N)=O. The van der Waals surface area contributed by atoms with Crippen molar-refractivity contribution in [2.45, 2.75) is 44.7 Å². The monoisotopic (exact) mass is 404 g/mol. The second-order valence-corrected chi connectivity index (χ2v) is 6.39. The number of aromatic nitrogens is 1. The molecule has 6 nitrogen and oxygen atoms in total. The van der Waals surface area contributed by atoms with E-state index in [1.165, 1.54) is 0 Å². The predicted molar refractivity (Wildman–Crippen MR) is 90.5 cm³/mol. The van der Waals surface area contributed by atoms with Crippen molar-refractivity contribution < 1.29 is 9.53 Å². The van der Waals surface area contributed by atoms with E-state index < -0.39 is 5.91 Å². The lowest BCUT2D eigenvalue weighted by Crippen LogP contribution is -2.33. The van der Waals surface area contributed by atoms with E-state index in [4.69, 9.17) is 16.2 Å². The quantitative estimate of drug-likeness (QED) is 0.651. The zero-order chi connectivity index (χ0) is 15.4. The van der Waals surface area contributed by atoms with Crippen LogP contribution in [0.3, 0.4) is 0 Å². The number of hydrogen-bond donors (Lipinski definition) is 3. The van der Waals surface area contributed by atoms with Gasteiger partial charge in [0.05, 0.1) is 10.2 Å². The molecule has 5 N–H and O–H groups in total. The molecule has 116 valence electrons. The third-order valence-electron chi connectivity index (χ3n) is 3.60. The van der Waals surface area contributed by atoms with E-state index in [0.29, 0.717) is 30.1 Å². The minimum absolute atomic E-state index is 0.292. The number of nitrogens with zero attached hydrogens (tertiary/aromatic N) is 1. The highest BCUT2D eigenvalue weighted by molar-refractivity contribution is 14.1. The van der Waals surface area contributed by atoms with Crippen LogP contribution in [0.5, 0.6) is 5.88 Å². The smallest absolute Gasteiger partial charge is 0.254 e. The first-order valence-corrected chi connectivity index (χ1v) is 8.24. The average molecular weight is 404 g/mol. The summed E-state index contributed by atoms with van der Waals surface area (Å²) in [5.41, 5.74) is 11.6. The topological polar surface area (TPSA) is 103 Å². The van der Waals surface area contributed by atoms with E-state index >= 15 is 0 Å². The fraction of sp³-hybridized carbons (Fsp3) is 0.571. The molecule has 1 heterocycles. The van der Waals surface area contributed by atoms with Crippen LogP contribution < -0.4 is 21.5 Å². The molecule has 0 saturated heterocycles. The molecular formula is C14H21IN4O2. The summed E-state index contributed by atoms with van der Waals surface area (Å²) in [6, 6.07) is 2.39. The third-order valence-corrected chi connectivity index (χ3v) is 4.42. The number of ether oxygens (including phenoxy) is 1. The van der Waals surface area contributed by atoms with Crippen molar-refractivity contribution in [1.82, 2.24) is 4.98 Å². The number of carbonyl (C=O) groups excluding carboxylic acids is 1. The van der Waals surface area contributed by atoms with Gasteiger partial charge >= 0.3 is 0 Å². The highest BCUT2D eigenvalue weighted by atomic mass is 127. The maximum absolute atomic E-state index is 11.5. The zero-order valence-electron chi connectivity index (χ0n) is 12.1. The summed E-state index contributed by atoms with van der Waals surface area (Å²) < 4.78 is 6.29. The largest absolute Gasteiger partial charge is 0.477 e. The second-order valence-electron chi connectivity index (χ2n) is 5.22. The number of primary amides is 1. The van der Waals surface area contributed by atoms with Gasteiger partial charge < -0.3 is 21.5 Å². The molecule has 7 heteroatoms. The number of anilines is 1. The minimum Gasteiger partial charge on any atom is -0.477 e. The summed E-state index contributed by atoms with van der Waals surface area (Å²) in [7, 11) is 0. The van der Waals surface area contributed by atoms with Crippen LogP contribution in [-0.2, 0) is 0 Å². The molecule has 0 unspecified atom stereocenters. The van der Waals surface area contributed by atoms with Crippen molar-refractivity contribution in [3.8, 4) is 5.88 Å². The molecule has 2 rings (SSSR count). The average Bonchev–Trinajstić information content (AvgIpc) is 2.44. The highest BCUT2D eigenvalue weighted by Crippen LogP contribution is 2.27. The first-order chi connectivity index (χ1) is 10.0. The van der Waals surface area contributed by atoms with E-state index in [1.54, 1.807) is 6.07 Å². The lowest BCUT2D eigenvalue weighted by molar-refractivity contribution is 0.0996. The lowest BCUT2D eigenvalue weighted by atomic mass is 9.92. The van der Waals surface area contributed by atoms with Gasteiger partial charge in [0, 0.05) is 12.1 Å².